The Kier molecular flexibility index (Phi) is 5.27. The Morgan fingerprint density at radius 3 is 2.61 bits per heavy atom. The van der Waals surface area contributed by atoms with Crippen molar-refractivity contribution < 1.29 is 8.42 Å². The van der Waals surface area contributed by atoms with Gasteiger partial charge >= 0.3 is 0 Å². The van der Waals surface area contributed by atoms with Gasteiger partial charge < -0.3 is 10.2 Å². The molecule has 2 N–H and O–H groups in total. The summed E-state index contributed by atoms with van der Waals surface area (Å²) in [5.41, 5.74) is 0. The molecule has 0 radical (unpaired) electrons. The van der Waals surface area contributed by atoms with Crippen LogP contribution in [0.25, 0.3) is 10.8 Å². The number of nitrogens with zero attached hydrogens (tertiary/aromatic N) is 1. The highest BCUT2D eigenvalue weighted by Gasteiger charge is 2.16. The smallest absolute Gasteiger partial charge is 0.241 e. The standard InChI is InChI=1S/C17H23N3O2S/c21-23(22,19-9-4-12-20-13-10-18-11-14-20)17-8-3-6-15-5-1-2-7-16(15)17/h1-3,5-8,18-19H,4,9-14H2. The molecule has 0 unspecified atom stereocenters. The van der Waals surface area contributed by atoms with Gasteiger partial charge in [0.05, 0.1) is 4.90 Å². The van der Waals surface area contributed by atoms with Crippen LogP contribution in [0.3, 0.4) is 0 Å². The van der Waals surface area contributed by atoms with Crippen LogP contribution in [0.2, 0.25) is 0 Å². The maximum absolute atomic E-state index is 12.6. The molecule has 0 spiro atoms. The van der Waals surface area contributed by atoms with Crippen molar-refractivity contribution in [3.05, 3.63) is 42.5 Å². The zero-order chi connectivity index (χ0) is 16.1. The lowest BCUT2D eigenvalue weighted by molar-refractivity contribution is 0.239. The molecule has 2 aromatic rings. The minimum atomic E-state index is -3.47. The van der Waals surface area contributed by atoms with Crippen molar-refractivity contribution in [2.45, 2.75) is 11.3 Å². The second-order valence-corrected chi connectivity index (χ2v) is 7.56. The number of rotatable bonds is 6. The molecule has 1 aliphatic rings. The van der Waals surface area contributed by atoms with E-state index >= 15 is 0 Å². The van der Waals surface area contributed by atoms with Crippen molar-refractivity contribution >= 4 is 20.8 Å². The Hall–Kier alpha value is -1.47. The molecule has 1 saturated heterocycles. The Labute approximate surface area is 137 Å². The monoisotopic (exact) mass is 333 g/mol. The first-order valence-electron chi connectivity index (χ1n) is 8.07. The van der Waals surface area contributed by atoms with Gasteiger partial charge in [0.25, 0.3) is 0 Å². The summed E-state index contributed by atoms with van der Waals surface area (Å²) in [5, 5.41) is 5.02. The molecule has 5 nitrogen and oxygen atoms in total. The van der Waals surface area contributed by atoms with Gasteiger partial charge in [0.2, 0.25) is 10.0 Å². The van der Waals surface area contributed by atoms with E-state index in [1.54, 1.807) is 12.1 Å². The van der Waals surface area contributed by atoms with Gasteiger partial charge in [-0.2, -0.15) is 0 Å². The van der Waals surface area contributed by atoms with Gasteiger partial charge in [0.1, 0.15) is 0 Å². The van der Waals surface area contributed by atoms with Crippen LogP contribution in [0, 0.1) is 0 Å². The van der Waals surface area contributed by atoms with Gasteiger partial charge in [-0.05, 0) is 24.4 Å². The summed E-state index contributed by atoms with van der Waals surface area (Å²) in [6.45, 7) is 5.50. The van der Waals surface area contributed by atoms with E-state index in [-0.39, 0.29) is 0 Å². The maximum atomic E-state index is 12.6. The molecule has 2 aromatic carbocycles. The van der Waals surface area contributed by atoms with Crippen LogP contribution in [0.15, 0.2) is 47.4 Å². The summed E-state index contributed by atoms with van der Waals surface area (Å²) in [7, 11) is -3.47. The van der Waals surface area contributed by atoms with Crippen molar-refractivity contribution in [3.63, 3.8) is 0 Å². The number of nitrogens with one attached hydrogen (secondary N) is 2. The van der Waals surface area contributed by atoms with Crippen LogP contribution < -0.4 is 10.0 Å². The molecule has 23 heavy (non-hydrogen) atoms. The summed E-state index contributed by atoms with van der Waals surface area (Å²) < 4.78 is 27.9. The largest absolute Gasteiger partial charge is 0.314 e. The average Bonchev–Trinajstić information content (AvgIpc) is 2.59. The van der Waals surface area contributed by atoms with E-state index in [0.29, 0.717) is 11.4 Å². The van der Waals surface area contributed by atoms with Crippen LogP contribution in [0.1, 0.15) is 6.42 Å². The fraction of sp³-hybridized carbons (Fsp3) is 0.412. The van der Waals surface area contributed by atoms with Gasteiger partial charge in [-0.25, -0.2) is 13.1 Å². The van der Waals surface area contributed by atoms with Gasteiger partial charge in [-0.1, -0.05) is 36.4 Å². The molecular weight excluding hydrogens is 310 g/mol. The zero-order valence-electron chi connectivity index (χ0n) is 13.2. The first-order chi connectivity index (χ1) is 11.2. The third kappa shape index (κ3) is 4.09. The second kappa shape index (κ2) is 7.40. The van der Waals surface area contributed by atoms with Crippen molar-refractivity contribution in [2.24, 2.45) is 0 Å². The van der Waals surface area contributed by atoms with Crippen LogP contribution >= 0.6 is 0 Å². The lowest BCUT2D eigenvalue weighted by atomic mass is 10.1. The van der Waals surface area contributed by atoms with Gasteiger partial charge in [-0.3, -0.25) is 0 Å². The van der Waals surface area contributed by atoms with E-state index in [4.69, 9.17) is 0 Å². The molecule has 124 valence electrons. The second-order valence-electron chi connectivity index (χ2n) is 5.82. The minimum Gasteiger partial charge on any atom is -0.314 e. The number of fused-ring (bicyclic) bond motifs is 1. The normalized spacial score (nSPS) is 16.7. The Morgan fingerprint density at radius 2 is 1.78 bits per heavy atom. The third-order valence-electron chi connectivity index (χ3n) is 4.19. The molecule has 1 fully saturated rings. The predicted octanol–water partition coefficient (Wildman–Crippen LogP) is 1.41. The first kappa shape index (κ1) is 16.4. The van der Waals surface area contributed by atoms with E-state index < -0.39 is 10.0 Å². The van der Waals surface area contributed by atoms with E-state index in [9.17, 15) is 8.42 Å². The Morgan fingerprint density at radius 1 is 1.04 bits per heavy atom. The topological polar surface area (TPSA) is 61.4 Å². The number of benzene rings is 2. The van der Waals surface area contributed by atoms with Crippen LogP contribution in [-0.4, -0.2) is 52.6 Å². The molecule has 1 aliphatic heterocycles. The van der Waals surface area contributed by atoms with Crippen LogP contribution in [0.4, 0.5) is 0 Å². The van der Waals surface area contributed by atoms with E-state index in [1.165, 1.54) is 0 Å². The lowest BCUT2D eigenvalue weighted by Gasteiger charge is -2.27. The summed E-state index contributed by atoms with van der Waals surface area (Å²) in [5.74, 6) is 0. The number of hydrogen-bond acceptors (Lipinski definition) is 4. The SMILES string of the molecule is O=S(=O)(NCCCN1CCNCC1)c1cccc2ccccc12. The molecule has 1 heterocycles. The van der Waals surface area contributed by atoms with Crippen LogP contribution in [0.5, 0.6) is 0 Å². The maximum Gasteiger partial charge on any atom is 0.241 e. The molecule has 0 amide bonds. The number of piperazine rings is 1. The Bertz CT molecular complexity index is 750. The summed E-state index contributed by atoms with van der Waals surface area (Å²) >= 11 is 0. The molecular formula is C17H23N3O2S. The van der Waals surface area contributed by atoms with Crippen molar-refractivity contribution in [1.29, 1.82) is 0 Å². The summed E-state index contributed by atoms with van der Waals surface area (Å²) in [4.78, 5) is 2.72. The molecule has 0 atom stereocenters. The van der Waals surface area contributed by atoms with Gasteiger partial charge in [0, 0.05) is 38.1 Å². The van der Waals surface area contributed by atoms with Gasteiger partial charge in [0.15, 0.2) is 0 Å². The first-order valence-corrected chi connectivity index (χ1v) is 9.56. The van der Waals surface area contributed by atoms with Crippen molar-refractivity contribution in [3.8, 4) is 0 Å². The molecule has 0 saturated carbocycles. The highest BCUT2D eigenvalue weighted by atomic mass is 32.2. The predicted molar refractivity (Wildman–Crippen MR) is 93.1 cm³/mol. The number of hydrogen-bond donors (Lipinski definition) is 2. The molecule has 3 rings (SSSR count). The number of sulfonamides is 1. The van der Waals surface area contributed by atoms with Crippen molar-refractivity contribution in [1.82, 2.24) is 14.9 Å². The van der Waals surface area contributed by atoms with E-state index in [2.05, 4.69) is 14.9 Å². The molecule has 6 heteroatoms. The average molecular weight is 333 g/mol. The third-order valence-corrected chi connectivity index (χ3v) is 5.71. The summed E-state index contributed by atoms with van der Waals surface area (Å²) in [6.07, 6.45) is 0.823. The van der Waals surface area contributed by atoms with Gasteiger partial charge in [-0.15, -0.1) is 0 Å². The molecule has 0 aromatic heterocycles. The fourth-order valence-electron chi connectivity index (χ4n) is 2.95. The van der Waals surface area contributed by atoms with Crippen molar-refractivity contribution in [2.75, 3.05) is 39.3 Å². The minimum absolute atomic E-state index is 0.359. The highest BCUT2D eigenvalue weighted by molar-refractivity contribution is 7.89. The van der Waals surface area contributed by atoms with Crippen LogP contribution in [-0.2, 0) is 10.0 Å². The zero-order valence-corrected chi connectivity index (χ0v) is 14.0. The van der Waals surface area contributed by atoms with E-state index in [1.807, 2.05) is 30.3 Å². The Balaban J connectivity index is 1.62. The quantitative estimate of drug-likeness (QED) is 0.785. The lowest BCUT2D eigenvalue weighted by Crippen LogP contribution is -2.44. The fourth-order valence-corrected chi connectivity index (χ4v) is 4.25. The highest BCUT2D eigenvalue weighted by Crippen LogP contribution is 2.22. The molecule has 0 aliphatic carbocycles. The summed E-state index contributed by atoms with van der Waals surface area (Å²) in [6, 6.07) is 13.0. The molecule has 0 bridgehead atoms. The van der Waals surface area contributed by atoms with E-state index in [0.717, 1.165) is 49.9 Å².